The highest BCUT2D eigenvalue weighted by Gasteiger charge is 2.31. The number of ether oxygens (including phenoxy) is 1. The van der Waals surface area contributed by atoms with Crippen LogP contribution in [0.3, 0.4) is 0 Å². The Kier molecular flexibility index (Phi) is 6.44. The molecule has 0 radical (unpaired) electrons. The number of pyridine rings is 1. The SMILES string of the molecule is CNc1cc(Nc2cccn([C@@H]3CC[C@H]3O)c2=O)nc2c(C(=O)N[C@@H]3CCC[C@@H](OC)C3)cnn12. The van der Waals surface area contributed by atoms with Gasteiger partial charge in [-0.1, -0.05) is 0 Å². The first-order valence-corrected chi connectivity index (χ1v) is 12.0. The summed E-state index contributed by atoms with van der Waals surface area (Å²) < 4.78 is 8.60. The summed E-state index contributed by atoms with van der Waals surface area (Å²) in [6.45, 7) is 0. The van der Waals surface area contributed by atoms with E-state index in [9.17, 15) is 14.7 Å². The van der Waals surface area contributed by atoms with Gasteiger partial charge in [0.15, 0.2) is 5.65 Å². The maximum Gasteiger partial charge on any atom is 0.274 e. The number of nitrogens with zero attached hydrogens (tertiary/aromatic N) is 4. The van der Waals surface area contributed by atoms with E-state index in [0.29, 0.717) is 35.0 Å². The van der Waals surface area contributed by atoms with Crippen LogP contribution in [-0.4, -0.2) is 62.6 Å². The molecule has 2 saturated carbocycles. The number of aliphatic hydroxyl groups excluding tert-OH is 1. The van der Waals surface area contributed by atoms with Crippen LogP contribution in [0.5, 0.6) is 0 Å². The number of anilines is 3. The molecule has 5 rings (SSSR count). The molecule has 2 fully saturated rings. The van der Waals surface area contributed by atoms with E-state index < -0.39 is 6.10 Å². The topological polar surface area (TPSA) is 135 Å². The molecular weight excluding hydrogens is 450 g/mol. The highest BCUT2D eigenvalue weighted by Crippen LogP contribution is 2.31. The Hall–Kier alpha value is -3.44. The summed E-state index contributed by atoms with van der Waals surface area (Å²) in [4.78, 5) is 30.8. The van der Waals surface area contributed by atoms with E-state index in [1.165, 1.54) is 6.20 Å². The maximum atomic E-state index is 13.1. The fourth-order valence-corrected chi connectivity index (χ4v) is 4.91. The molecule has 1 amide bonds. The van der Waals surface area contributed by atoms with Crippen LogP contribution in [0.25, 0.3) is 5.65 Å². The highest BCUT2D eigenvalue weighted by molar-refractivity contribution is 6.00. The Labute approximate surface area is 202 Å². The number of rotatable bonds is 7. The van der Waals surface area contributed by atoms with Crippen molar-refractivity contribution in [2.24, 2.45) is 0 Å². The van der Waals surface area contributed by atoms with Gasteiger partial charge in [0.05, 0.1) is 24.4 Å². The van der Waals surface area contributed by atoms with Crippen LogP contribution in [0.1, 0.15) is 54.9 Å². The van der Waals surface area contributed by atoms with Crippen molar-refractivity contribution in [2.75, 3.05) is 24.8 Å². The molecule has 0 unspecified atom stereocenters. The minimum absolute atomic E-state index is 0.0332. The molecule has 0 bridgehead atoms. The van der Waals surface area contributed by atoms with Gasteiger partial charge in [-0.2, -0.15) is 9.61 Å². The first-order chi connectivity index (χ1) is 17.0. The van der Waals surface area contributed by atoms with Crippen molar-refractivity contribution in [3.63, 3.8) is 0 Å². The van der Waals surface area contributed by atoms with Crippen molar-refractivity contribution in [3.8, 4) is 0 Å². The van der Waals surface area contributed by atoms with Crippen molar-refractivity contribution in [1.29, 1.82) is 0 Å². The summed E-state index contributed by atoms with van der Waals surface area (Å²) in [5.41, 5.74) is 0.832. The predicted octanol–water partition coefficient (Wildman–Crippen LogP) is 2.06. The number of aromatic nitrogens is 4. The Morgan fingerprint density at radius 2 is 2.11 bits per heavy atom. The van der Waals surface area contributed by atoms with Crippen molar-refractivity contribution in [3.05, 3.63) is 46.5 Å². The average molecular weight is 482 g/mol. The van der Waals surface area contributed by atoms with Crippen molar-refractivity contribution in [2.45, 2.75) is 62.8 Å². The zero-order chi connectivity index (χ0) is 24.5. The summed E-state index contributed by atoms with van der Waals surface area (Å²) in [6.07, 6.45) is 7.98. The number of carbonyl (C=O) groups is 1. The summed E-state index contributed by atoms with van der Waals surface area (Å²) in [6, 6.07) is 4.98. The molecular formula is C24H31N7O4. The third-order valence-electron chi connectivity index (χ3n) is 7.06. The van der Waals surface area contributed by atoms with E-state index in [1.807, 2.05) is 0 Å². The lowest BCUT2D eigenvalue weighted by molar-refractivity contribution is 0.0300. The zero-order valence-electron chi connectivity index (χ0n) is 19.9. The third kappa shape index (κ3) is 4.48. The molecule has 0 spiro atoms. The lowest BCUT2D eigenvalue weighted by Gasteiger charge is -2.34. The standard InChI is InChI=1S/C24H31N7O4/c1-25-21-12-20(28-17-7-4-10-30(24(17)34)18-8-9-19(18)32)29-22-16(13-26-31(21)22)23(33)27-14-5-3-6-15(11-14)35-2/h4,7,10,12-15,18-19,25,32H,3,5-6,8-9,11H2,1-2H3,(H,27,33)(H,28,29)/t14-,15-,18-,19-/m1/s1. The number of carbonyl (C=O) groups excluding carboxylic acids is 1. The zero-order valence-corrected chi connectivity index (χ0v) is 19.9. The molecule has 0 saturated heterocycles. The normalized spacial score (nSPS) is 24.1. The number of fused-ring (bicyclic) bond motifs is 1. The van der Waals surface area contributed by atoms with Crippen LogP contribution in [-0.2, 0) is 4.74 Å². The summed E-state index contributed by atoms with van der Waals surface area (Å²) in [7, 11) is 3.45. The lowest BCUT2D eigenvalue weighted by Crippen LogP contribution is -2.40. The summed E-state index contributed by atoms with van der Waals surface area (Å²) in [5.74, 6) is 0.770. The fourth-order valence-electron chi connectivity index (χ4n) is 4.91. The number of aliphatic hydroxyl groups is 1. The van der Waals surface area contributed by atoms with Gasteiger partial charge in [-0.25, -0.2) is 4.98 Å². The first kappa shape index (κ1) is 23.3. The minimum Gasteiger partial charge on any atom is -0.391 e. The first-order valence-electron chi connectivity index (χ1n) is 12.0. The molecule has 186 valence electrons. The van der Waals surface area contributed by atoms with Gasteiger partial charge in [0.1, 0.15) is 22.9 Å². The second-order valence-electron chi connectivity index (χ2n) is 9.24. The van der Waals surface area contributed by atoms with E-state index in [-0.39, 0.29) is 29.7 Å². The highest BCUT2D eigenvalue weighted by atomic mass is 16.5. The molecule has 3 aromatic heterocycles. The Bertz CT molecular complexity index is 1290. The molecule has 35 heavy (non-hydrogen) atoms. The number of amides is 1. The number of hydrogen-bond acceptors (Lipinski definition) is 8. The molecule has 11 nitrogen and oxygen atoms in total. The van der Waals surface area contributed by atoms with Crippen molar-refractivity contribution < 1.29 is 14.6 Å². The Morgan fingerprint density at radius 3 is 2.83 bits per heavy atom. The van der Waals surface area contributed by atoms with Crippen LogP contribution in [0.4, 0.5) is 17.3 Å². The van der Waals surface area contributed by atoms with Crippen LogP contribution in [0.2, 0.25) is 0 Å². The van der Waals surface area contributed by atoms with Gasteiger partial charge in [0, 0.05) is 32.5 Å². The maximum absolute atomic E-state index is 13.1. The van der Waals surface area contributed by atoms with E-state index in [2.05, 4.69) is 26.0 Å². The molecule has 4 N–H and O–H groups in total. The molecule has 3 heterocycles. The Morgan fingerprint density at radius 1 is 1.26 bits per heavy atom. The van der Waals surface area contributed by atoms with Gasteiger partial charge >= 0.3 is 0 Å². The summed E-state index contributed by atoms with van der Waals surface area (Å²) >= 11 is 0. The molecule has 4 atom stereocenters. The summed E-state index contributed by atoms with van der Waals surface area (Å²) in [5, 5.41) is 23.6. The number of hydrogen-bond donors (Lipinski definition) is 4. The van der Waals surface area contributed by atoms with Gasteiger partial charge in [-0.05, 0) is 50.7 Å². The smallest absolute Gasteiger partial charge is 0.274 e. The van der Waals surface area contributed by atoms with Crippen LogP contribution < -0.4 is 21.5 Å². The minimum atomic E-state index is -0.510. The van der Waals surface area contributed by atoms with E-state index in [4.69, 9.17) is 4.74 Å². The number of methoxy groups -OCH3 is 1. The number of nitrogens with one attached hydrogen (secondary N) is 3. The van der Waals surface area contributed by atoms with Crippen LogP contribution in [0.15, 0.2) is 35.4 Å². The molecule has 2 aliphatic rings. The van der Waals surface area contributed by atoms with Gasteiger partial charge < -0.3 is 30.4 Å². The van der Waals surface area contributed by atoms with Crippen LogP contribution >= 0.6 is 0 Å². The average Bonchev–Trinajstić information content (AvgIpc) is 3.29. The molecule has 0 aliphatic heterocycles. The second-order valence-corrected chi connectivity index (χ2v) is 9.24. The molecule has 11 heteroatoms. The van der Waals surface area contributed by atoms with Gasteiger partial charge in [-0.3, -0.25) is 9.59 Å². The second kappa shape index (κ2) is 9.67. The predicted molar refractivity (Wildman–Crippen MR) is 131 cm³/mol. The third-order valence-corrected chi connectivity index (χ3v) is 7.06. The Balaban J connectivity index is 1.43. The van der Waals surface area contributed by atoms with Gasteiger partial charge in [0.2, 0.25) is 0 Å². The van der Waals surface area contributed by atoms with Crippen molar-refractivity contribution >= 4 is 28.9 Å². The van der Waals surface area contributed by atoms with Crippen LogP contribution in [0, 0.1) is 0 Å². The quantitative estimate of drug-likeness (QED) is 0.403. The molecule has 2 aliphatic carbocycles. The fraction of sp³-hybridized carbons (Fsp3) is 0.500. The van der Waals surface area contributed by atoms with E-state index in [1.54, 1.807) is 47.6 Å². The van der Waals surface area contributed by atoms with Gasteiger partial charge in [0.25, 0.3) is 11.5 Å². The van der Waals surface area contributed by atoms with E-state index in [0.717, 1.165) is 32.1 Å². The lowest BCUT2D eigenvalue weighted by atomic mass is 9.89. The van der Waals surface area contributed by atoms with E-state index >= 15 is 0 Å². The molecule has 3 aromatic rings. The van der Waals surface area contributed by atoms with Gasteiger partial charge in [-0.15, -0.1) is 0 Å². The monoisotopic (exact) mass is 481 g/mol. The largest absolute Gasteiger partial charge is 0.391 e. The molecule has 0 aromatic carbocycles. The van der Waals surface area contributed by atoms with Crippen molar-refractivity contribution in [1.82, 2.24) is 24.5 Å².